The molecule has 1 saturated heterocycles. The van der Waals surface area contributed by atoms with E-state index < -0.39 is 0 Å². The van der Waals surface area contributed by atoms with Gasteiger partial charge in [0.1, 0.15) is 6.17 Å². The van der Waals surface area contributed by atoms with Crippen LogP contribution in [0.2, 0.25) is 5.02 Å². The van der Waals surface area contributed by atoms with E-state index in [9.17, 15) is 4.79 Å². The van der Waals surface area contributed by atoms with Crippen molar-refractivity contribution in [2.75, 3.05) is 26.2 Å². The molecule has 0 radical (unpaired) electrons. The molecule has 2 unspecified atom stereocenters. The zero-order valence-corrected chi connectivity index (χ0v) is 13.7. The summed E-state index contributed by atoms with van der Waals surface area (Å²) in [5.74, 6) is 0.159. The Morgan fingerprint density at radius 3 is 2.67 bits per heavy atom. The third-order valence-corrected chi connectivity index (χ3v) is 4.32. The van der Waals surface area contributed by atoms with E-state index in [2.05, 4.69) is 24.1 Å². The minimum atomic E-state index is -0.148. The third kappa shape index (κ3) is 3.76. The summed E-state index contributed by atoms with van der Waals surface area (Å²) in [4.78, 5) is 16.6. The number of rotatable bonds is 6. The van der Waals surface area contributed by atoms with E-state index in [4.69, 9.17) is 11.6 Å². The highest BCUT2D eigenvalue weighted by atomic mass is 35.5. The van der Waals surface area contributed by atoms with Crippen molar-refractivity contribution in [3.05, 3.63) is 34.9 Å². The summed E-state index contributed by atoms with van der Waals surface area (Å²) in [6.07, 6.45) is -0.0817. The van der Waals surface area contributed by atoms with Crippen LogP contribution in [0.25, 0.3) is 0 Å². The summed E-state index contributed by atoms with van der Waals surface area (Å²) >= 11 is 6.08. The second-order valence-corrected chi connectivity index (χ2v) is 5.84. The highest BCUT2D eigenvalue weighted by Crippen LogP contribution is 2.26. The van der Waals surface area contributed by atoms with Gasteiger partial charge in [0.15, 0.2) is 0 Å². The van der Waals surface area contributed by atoms with Crippen LogP contribution in [-0.4, -0.2) is 47.9 Å². The third-order valence-electron chi connectivity index (χ3n) is 4.09. The molecule has 2 atom stereocenters. The molecule has 4 nitrogen and oxygen atoms in total. The molecular formula is C16H24ClN3O. The lowest BCUT2D eigenvalue weighted by atomic mass is 10.1. The lowest BCUT2D eigenvalue weighted by Crippen LogP contribution is -2.38. The van der Waals surface area contributed by atoms with Gasteiger partial charge in [-0.2, -0.15) is 0 Å². The topological polar surface area (TPSA) is 35.6 Å². The van der Waals surface area contributed by atoms with Crippen molar-refractivity contribution in [2.24, 2.45) is 0 Å². The molecule has 1 N–H and O–H groups in total. The first-order chi connectivity index (χ1) is 10.1. The number of hydrogen-bond acceptors (Lipinski definition) is 3. The Hall–Kier alpha value is -1.10. The van der Waals surface area contributed by atoms with Gasteiger partial charge in [-0.15, -0.1) is 0 Å². The van der Waals surface area contributed by atoms with Gasteiger partial charge in [0.25, 0.3) is 0 Å². The average Bonchev–Trinajstić information content (AvgIpc) is 2.76. The summed E-state index contributed by atoms with van der Waals surface area (Å²) in [7, 11) is 0. The van der Waals surface area contributed by atoms with Crippen LogP contribution in [0.15, 0.2) is 24.3 Å². The number of nitrogens with zero attached hydrogens (tertiary/aromatic N) is 2. The Bertz CT molecular complexity index is 490. The molecule has 21 heavy (non-hydrogen) atoms. The quantitative estimate of drug-likeness (QED) is 0.877. The average molecular weight is 310 g/mol. The molecule has 1 amide bonds. The fourth-order valence-corrected chi connectivity index (χ4v) is 2.95. The second-order valence-electron chi connectivity index (χ2n) is 5.40. The summed E-state index contributed by atoms with van der Waals surface area (Å²) in [6, 6.07) is 7.57. The molecule has 0 aromatic heterocycles. The minimum absolute atomic E-state index is 0.0817. The number of carbonyl (C=O) groups is 1. The number of amides is 1. The molecule has 1 aromatic rings. The van der Waals surface area contributed by atoms with Gasteiger partial charge in [-0.1, -0.05) is 37.6 Å². The second kappa shape index (κ2) is 7.25. The SMILES string of the molecule is CCN(CC)CCN1C(=O)C(C)NC1c1cccc(Cl)c1. The molecule has 0 saturated carbocycles. The number of hydrogen-bond donors (Lipinski definition) is 1. The molecule has 1 aliphatic heterocycles. The van der Waals surface area contributed by atoms with Crippen LogP contribution >= 0.6 is 11.6 Å². The van der Waals surface area contributed by atoms with Gasteiger partial charge in [-0.25, -0.2) is 0 Å². The minimum Gasteiger partial charge on any atom is -0.320 e. The van der Waals surface area contributed by atoms with E-state index in [1.807, 2.05) is 36.1 Å². The molecule has 1 aliphatic rings. The van der Waals surface area contributed by atoms with Gasteiger partial charge >= 0.3 is 0 Å². The fourth-order valence-electron chi connectivity index (χ4n) is 2.76. The molecule has 1 fully saturated rings. The maximum atomic E-state index is 12.4. The first-order valence-corrected chi connectivity index (χ1v) is 7.99. The predicted octanol–water partition coefficient (Wildman–Crippen LogP) is 2.50. The van der Waals surface area contributed by atoms with Crippen molar-refractivity contribution < 1.29 is 4.79 Å². The van der Waals surface area contributed by atoms with Crippen molar-refractivity contribution in [1.82, 2.24) is 15.1 Å². The Balaban J connectivity index is 2.13. The van der Waals surface area contributed by atoms with Gasteiger partial charge in [-0.3, -0.25) is 10.1 Å². The molecule has 2 rings (SSSR count). The van der Waals surface area contributed by atoms with Crippen molar-refractivity contribution in [3.63, 3.8) is 0 Å². The van der Waals surface area contributed by atoms with Crippen molar-refractivity contribution in [2.45, 2.75) is 33.0 Å². The number of halogens is 1. The predicted molar refractivity (Wildman–Crippen MR) is 86.3 cm³/mol. The molecule has 0 aliphatic carbocycles. The molecular weight excluding hydrogens is 286 g/mol. The smallest absolute Gasteiger partial charge is 0.241 e. The maximum Gasteiger partial charge on any atom is 0.241 e. The molecule has 0 spiro atoms. The largest absolute Gasteiger partial charge is 0.320 e. The summed E-state index contributed by atoms with van der Waals surface area (Å²) in [5.41, 5.74) is 1.04. The van der Waals surface area contributed by atoms with E-state index in [-0.39, 0.29) is 18.1 Å². The van der Waals surface area contributed by atoms with Crippen LogP contribution in [0.1, 0.15) is 32.5 Å². The van der Waals surface area contributed by atoms with Gasteiger partial charge in [0.05, 0.1) is 6.04 Å². The Labute approximate surface area is 132 Å². The van der Waals surface area contributed by atoms with Gasteiger partial charge < -0.3 is 9.80 Å². The van der Waals surface area contributed by atoms with Crippen molar-refractivity contribution in [3.8, 4) is 0 Å². The summed E-state index contributed by atoms with van der Waals surface area (Å²) < 4.78 is 0. The highest BCUT2D eigenvalue weighted by Gasteiger charge is 2.36. The lowest BCUT2D eigenvalue weighted by molar-refractivity contribution is -0.130. The van der Waals surface area contributed by atoms with E-state index in [1.165, 1.54) is 0 Å². The van der Waals surface area contributed by atoms with Gasteiger partial charge in [-0.05, 0) is 37.7 Å². The van der Waals surface area contributed by atoms with Crippen molar-refractivity contribution in [1.29, 1.82) is 0 Å². The molecule has 5 heteroatoms. The standard InChI is InChI=1S/C16H24ClN3O/c1-4-19(5-2)9-10-20-15(18-12(3)16(20)21)13-7-6-8-14(17)11-13/h6-8,11-12,15,18H,4-5,9-10H2,1-3H3. The number of carbonyl (C=O) groups excluding carboxylic acids is 1. The highest BCUT2D eigenvalue weighted by molar-refractivity contribution is 6.30. The normalized spacial score (nSPS) is 22.3. The molecule has 1 heterocycles. The van der Waals surface area contributed by atoms with E-state index in [0.29, 0.717) is 5.02 Å². The monoisotopic (exact) mass is 309 g/mol. The van der Waals surface area contributed by atoms with Crippen molar-refractivity contribution >= 4 is 17.5 Å². The van der Waals surface area contributed by atoms with Crippen LogP contribution < -0.4 is 5.32 Å². The first-order valence-electron chi connectivity index (χ1n) is 7.61. The van der Waals surface area contributed by atoms with E-state index >= 15 is 0 Å². The first kappa shape index (κ1) is 16.3. The van der Waals surface area contributed by atoms with Crippen LogP contribution in [0.5, 0.6) is 0 Å². The number of benzene rings is 1. The zero-order chi connectivity index (χ0) is 15.4. The van der Waals surface area contributed by atoms with Crippen LogP contribution in [0.3, 0.4) is 0 Å². The van der Waals surface area contributed by atoms with Crippen LogP contribution in [0, 0.1) is 0 Å². The van der Waals surface area contributed by atoms with E-state index in [1.54, 1.807) is 0 Å². The zero-order valence-electron chi connectivity index (χ0n) is 13.0. The Morgan fingerprint density at radius 1 is 1.33 bits per heavy atom. The number of likely N-dealkylation sites (N-methyl/N-ethyl adjacent to an activating group) is 1. The molecule has 116 valence electrons. The number of nitrogens with one attached hydrogen (secondary N) is 1. The molecule has 0 bridgehead atoms. The lowest BCUT2D eigenvalue weighted by Gasteiger charge is -2.27. The van der Waals surface area contributed by atoms with Gasteiger partial charge in [0.2, 0.25) is 5.91 Å². The summed E-state index contributed by atoms with van der Waals surface area (Å²) in [5, 5.41) is 4.06. The van der Waals surface area contributed by atoms with Crippen LogP contribution in [0.4, 0.5) is 0 Å². The Morgan fingerprint density at radius 2 is 2.05 bits per heavy atom. The molecule has 1 aromatic carbocycles. The van der Waals surface area contributed by atoms with Crippen LogP contribution in [-0.2, 0) is 4.79 Å². The van der Waals surface area contributed by atoms with E-state index in [0.717, 1.165) is 31.7 Å². The maximum absolute atomic E-state index is 12.4. The Kier molecular flexibility index (Phi) is 5.62. The van der Waals surface area contributed by atoms with Gasteiger partial charge in [0, 0.05) is 18.1 Å². The summed E-state index contributed by atoms with van der Waals surface area (Å²) in [6.45, 7) is 9.83. The fraction of sp³-hybridized carbons (Fsp3) is 0.562.